The summed E-state index contributed by atoms with van der Waals surface area (Å²) < 4.78 is 13.7. The zero-order chi connectivity index (χ0) is 12.0. The van der Waals surface area contributed by atoms with Gasteiger partial charge in [-0.1, -0.05) is 32.9 Å². The van der Waals surface area contributed by atoms with Crippen LogP contribution in [0.25, 0.3) is 0 Å². The van der Waals surface area contributed by atoms with Gasteiger partial charge in [-0.25, -0.2) is 4.39 Å². The predicted molar refractivity (Wildman–Crippen MR) is 66.9 cm³/mol. The Morgan fingerprint density at radius 1 is 1.31 bits per heavy atom. The molecule has 1 aromatic rings. The molecule has 0 bridgehead atoms. The lowest BCUT2D eigenvalue weighted by Crippen LogP contribution is -2.14. The number of nitrogens with one attached hydrogen (secondary N) is 1. The smallest absolute Gasteiger partial charge is 0.126 e. The number of rotatable bonds is 6. The third-order valence-corrected chi connectivity index (χ3v) is 2.50. The van der Waals surface area contributed by atoms with Crippen LogP contribution in [0.15, 0.2) is 18.2 Å². The quantitative estimate of drug-likeness (QED) is 0.728. The molecule has 0 aliphatic rings. The molecule has 0 saturated heterocycles. The molecule has 0 spiro atoms. The summed E-state index contributed by atoms with van der Waals surface area (Å²) in [6, 6.07) is 5.59. The number of hydrogen-bond donors (Lipinski definition) is 1. The Balaban J connectivity index is 2.60. The molecule has 2 heteroatoms. The van der Waals surface area contributed by atoms with Gasteiger partial charge >= 0.3 is 0 Å². The van der Waals surface area contributed by atoms with Crippen LogP contribution >= 0.6 is 0 Å². The Morgan fingerprint density at radius 2 is 2.06 bits per heavy atom. The first-order valence-electron chi connectivity index (χ1n) is 6.11. The molecule has 0 saturated carbocycles. The maximum Gasteiger partial charge on any atom is 0.126 e. The molecule has 1 rings (SSSR count). The fourth-order valence-corrected chi connectivity index (χ4v) is 1.72. The highest BCUT2D eigenvalue weighted by atomic mass is 19.1. The summed E-state index contributed by atoms with van der Waals surface area (Å²) in [6.07, 6.45) is 1.92. The molecule has 1 N–H and O–H groups in total. The number of halogens is 1. The van der Waals surface area contributed by atoms with Gasteiger partial charge in [-0.15, -0.1) is 0 Å². The molecule has 90 valence electrons. The number of benzene rings is 1. The van der Waals surface area contributed by atoms with Crippen molar-refractivity contribution in [2.24, 2.45) is 5.92 Å². The Morgan fingerprint density at radius 3 is 2.62 bits per heavy atom. The largest absolute Gasteiger partial charge is 0.313 e. The van der Waals surface area contributed by atoms with E-state index >= 15 is 0 Å². The Hall–Kier alpha value is -0.890. The SMILES string of the molecule is CCCNCc1ccc(CC(C)C)c(F)c1. The van der Waals surface area contributed by atoms with Gasteiger partial charge in [-0.05, 0) is 42.5 Å². The lowest BCUT2D eigenvalue weighted by molar-refractivity contribution is 0.570. The van der Waals surface area contributed by atoms with Gasteiger partial charge in [0, 0.05) is 6.54 Å². The van der Waals surface area contributed by atoms with E-state index in [2.05, 4.69) is 26.1 Å². The molecule has 0 unspecified atom stereocenters. The summed E-state index contributed by atoms with van der Waals surface area (Å²) >= 11 is 0. The first kappa shape index (κ1) is 13.2. The van der Waals surface area contributed by atoms with Crippen LogP contribution in [-0.4, -0.2) is 6.54 Å². The third-order valence-electron chi connectivity index (χ3n) is 2.50. The van der Waals surface area contributed by atoms with Crippen molar-refractivity contribution < 1.29 is 4.39 Å². The first-order chi connectivity index (χ1) is 7.63. The van der Waals surface area contributed by atoms with Gasteiger partial charge in [0.1, 0.15) is 5.82 Å². The van der Waals surface area contributed by atoms with Crippen molar-refractivity contribution >= 4 is 0 Å². The molecule has 0 aliphatic carbocycles. The van der Waals surface area contributed by atoms with Crippen molar-refractivity contribution in [3.05, 3.63) is 35.1 Å². The normalized spacial score (nSPS) is 11.1. The van der Waals surface area contributed by atoms with Crippen molar-refractivity contribution in [3.63, 3.8) is 0 Å². The highest BCUT2D eigenvalue weighted by Gasteiger charge is 2.05. The molecule has 0 amide bonds. The highest BCUT2D eigenvalue weighted by Crippen LogP contribution is 2.14. The minimum Gasteiger partial charge on any atom is -0.313 e. The molecule has 1 nitrogen and oxygen atoms in total. The fourth-order valence-electron chi connectivity index (χ4n) is 1.72. The lowest BCUT2D eigenvalue weighted by Gasteiger charge is -2.09. The van der Waals surface area contributed by atoms with Crippen LogP contribution < -0.4 is 5.32 Å². The van der Waals surface area contributed by atoms with Gasteiger partial charge in [-0.3, -0.25) is 0 Å². The average molecular weight is 223 g/mol. The van der Waals surface area contributed by atoms with Crippen LogP contribution in [0.2, 0.25) is 0 Å². The second kappa shape index (κ2) is 6.64. The predicted octanol–water partition coefficient (Wildman–Crippen LogP) is 3.52. The second-order valence-electron chi connectivity index (χ2n) is 4.70. The van der Waals surface area contributed by atoms with Crippen molar-refractivity contribution in [1.82, 2.24) is 5.32 Å². The van der Waals surface area contributed by atoms with Gasteiger partial charge in [0.25, 0.3) is 0 Å². The van der Waals surface area contributed by atoms with Crippen LogP contribution in [0.4, 0.5) is 4.39 Å². The van der Waals surface area contributed by atoms with Crippen LogP contribution in [-0.2, 0) is 13.0 Å². The van der Waals surface area contributed by atoms with E-state index in [1.54, 1.807) is 6.07 Å². The Labute approximate surface area is 98.1 Å². The van der Waals surface area contributed by atoms with Gasteiger partial charge in [0.05, 0.1) is 0 Å². The van der Waals surface area contributed by atoms with Crippen LogP contribution in [0.1, 0.15) is 38.3 Å². The maximum atomic E-state index is 13.7. The van der Waals surface area contributed by atoms with E-state index in [-0.39, 0.29) is 5.82 Å². The monoisotopic (exact) mass is 223 g/mol. The van der Waals surface area contributed by atoms with Crippen molar-refractivity contribution in [3.8, 4) is 0 Å². The summed E-state index contributed by atoms with van der Waals surface area (Å²) in [4.78, 5) is 0. The van der Waals surface area contributed by atoms with E-state index in [1.165, 1.54) is 0 Å². The third kappa shape index (κ3) is 4.31. The van der Waals surface area contributed by atoms with Crippen molar-refractivity contribution in [2.45, 2.75) is 40.2 Å². The molecular formula is C14H22FN. The van der Waals surface area contributed by atoms with E-state index in [1.807, 2.05) is 12.1 Å². The van der Waals surface area contributed by atoms with E-state index in [4.69, 9.17) is 0 Å². The fraction of sp³-hybridized carbons (Fsp3) is 0.571. The molecule has 0 fully saturated rings. The molecule has 0 atom stereocenters. The van der Waals surface area contributed by atoms with Crippen molar-refractivity contribution in [1.29, 1.82) is 0 Å². The van der Waals surface area contributed by atoms with Crippen LogP contribution in [0.3, 0.4) is 0 Å². The molecule has 1 aromatic carbocycles. The van der Waals surface area contributed by atoms with E-state index in [0.717, 1.165) is 37.1 Å². The highest BCUT2D eigenvalue weighted by molar-refractivity contribution is 5.24. The topological polar surface area (TPSA) is 12.0 Å². The van der Waals surface area contributed by atoms with Crippen LogP contribution in [0.5, 0.6) is 0 Å². The summed E-state index contributed by atoms with van der Waals surface area (Å²) in [5.74, 6) is 0.433. The van der Waals surface area contributed by atoms with Gasteiger partial charge in [0.2, 0.25) is 0 Å². The van der Waals surface area contributed by atoms with E-state index < -0.39 is 0 Å². The Bertz CT molecular complexity index is 321. The molecule has 0 aliphatic heterocycles. The molecular weight excluding hydrogens is 201 g/mol. The zero-order valence-corrected chi connectivity index (χ0v) is 10.5. The maximum absolute atomic E-state index is 13.7. The molecule has 16 heavy (non-hydrogen) atoms. The zero-order valence-electron chi connectivity index (χ0n) is 10.5. The summed E-state index contributed by atoms with van der Waals surface area (Å²) in [6.45, 7) is 8.08. The molecule has 0 aromatic heterocycles. The van der Waals surface area contributed by atoms with Crippen LogP contribution in [0, 0.1) is 11.7 Å². The van der Waals surface area contributed by atoms with Crippen molar-refractivity contribution in [2.75, 3.05) is 6.54 Å². The minimum atomic E-state index is -0.0653. The average Bonchev–Trinajstić information content (AvgIpc) is 2.22. The van der Waals surface area contributed by atoms with Gasteiger partial charge in [-0.2, -0.15) is 0 Å². The first-order valence-corrected chi connectivity index (χ1v) is 6.11. The Kier molecular flexibility index (Phi) is 5.47. The molecule has 0 radical (unpaired) electrons. The molecule has 0 heterocycles. The van der Waals surface area contributed by atoms with E-state index in [9.17, 15) is 4.39 Å². The van der Waals surface area contributed by atoms with Gasteiger partial charge in [0.15, 0.2) is 0 Å². The lowest BCUT2D eigenvalue weighted by atomic mass is 10.0. The summed E-state index contributed by atoms with van der Waals surface area (Å²) in [7, 11) is 0. The standard InChI is InChI=1S/C14H22FN/c1-4-7-16-10-12-5-6-13(8-11(2)3)14(15)9-12/h5-6,9,11,16H,4,7-8,10H2,1-3H3. The summed E-state index contributed by atoms with van der Waals surface area (Å²) in [5.41, 5.74) is 1.85. The van der Waals surface area contributed by atoms with Gasteiger partial charge < -0.3 is 5.32 Å². The second-order valence-corrected chi connectivity index (χ2v) is 4.70. The number of hydrogen-bond acceptors (Lipinski definition) is 1. The summed E-state index contributed by atoms with van der Waals surface area (Å²) in [5, 5.41) is 3.27. The minimum absolute atomic E-state index is 0.0653. The van der Waals surface area contributed by atoms with E-state index in [0.29, 0.717) is 5.92 Å².